The van der Waals surface area contributed by atoms with E-state index in [4.69, 9.17) is 0 Å². The normalized spacial score (nSPS) is 12.0. The van der Waals surface area contributed by atoms with E-state index in [2.05, 4.69) is 5.32 Å². The smallest absolute Gasteiger partial charge is 0.337 e. The van der Waals surface area contributed by atoms with E-state index >= 15 is 0 Å². The Bertz CT molecular complexity index is 494. The van der Waals surface area contributed by atoms with Crippen LogP contribution in [0.1, 0.15) is 48.2 Å². The molecule has 0 aliphatic rings. The predicted molar refractivity (Wildman–Crippen MR) is 75.6 cm³/mol. The Labute approximate surface area is 113 Å². The van der Waals surface area contributed by atoms with Crippen LogP contribution in [0, 0.1) is 19.8 Å². The van der Waals surface area contributed by atoms with Crippen LogP contribution >= 0.6 is 0 Å². The molecule has 1 rings (SSSR count). The summed E-state index contributed by atoms with van der Waals surface area (Å²) in [7, 11) is 0. The van der Waals surface area contributed by atoms with Gasteiger partial charge in [0.15, 0.2) is 0 Å². The van der Waals surface area contributed by atoms with Gasteiger partial charge in [-0.3, -0.25) is 4.79 Å². The van der Waals surface area contributed by atoms with Gasteiger partial charge < -0.3 is 10.4 Å². The average molecular weight is 263 g/mol. The number of carboxylic acid groups (broad SMARTS) is 1. The van der Waals surface area contributed by atoms with Crippen molar-refractivity contribution in [1.29, 1.82) is 0 Å². The number of anilines is 1. The topological polar surface area (TPSA) is 66.4 Å². The summed E-state index contributed by atoms with van der Waals surface area (Å²) >= 11 is 0. The third-order valence-corrected chi connectivity index (χ3v) is 3.21. The number of benzene rings is 1. The van der Waals surface area contributed by atoms with Crippen LogP contribution in [0.5, 0.6) is 0 Å². The summed E-state index contributed by atoms with van der Waals surface area (Å²) in [6.45, 7) is 7.67. The first-order valence-corrected chi connectivity index (χ1v) is 6.49. The maximum absolute atomic E-state index is 11.9. The fourth-order valence-corrected chi connectivity index (χ4v) is 1.95. The Morgan fingerprint density at radius 1 is 1.32 bits per heavy atom. The molecule has 0 saturated carbocycles. The van der Waals surface area contributed by atoms with Gasteiger partial charge in [0.2, 0.25) is 5.91 Å². The lowest BCUT2D eigenvalue weighted by Crippen LogP contribution is -2.18. The molecule has 1 unspecified atom stereocenters. The van der Waals surface area contributed by atoms with Crippen LogP contribution in [-0.2, 0) is 4.79 Å². The lowest BCUT2D eigenvalue weighted by Gasteiger charge is -2.14. The monoisotopic (exact) mass is 263 g/mol. The van der Waals surface area contributed by atoms with Crippen LogP contribution in [0.25, 0.3) is 0 Å². The Balaban J connectivity index is 3.00. The molecular weight excluding hydrogens is 242 g/mol. The largest absolute Gasteiger partial charge is 0.478 e. The van der Waals surface area contributed by atoms with E-state index in [9.17, 15) is 14.7 Å². The van der Waals surface area contributed by atoms with Gasteiger partial charge in [0, 0.05) is 6.42 Å². The molecule has 1 amide bonds. The second-order valence-corrected chi connectivity index (χ2v) is 5.08. The van der Waals surface area contributed by atoms with Gasteiger partial charge in [0.1, 0.15) is 0 Å². The van der Waals surface area contributed by atoms with Gasteiger partial charge in [-0.05, 0) is 37.0 Å². The van der Waals surface area contributed by atoms with Crippen LogP contribution in [0.3, 0.4) is 0 Å². The zero-order valence-corrected chi connectivity index (χ0v) is 11.9. The van der Waals surface area contributed by atoms with E-state index in [0.29, 0.717) is 18.0 Å². The zero-order valence-electron chi connectivity index (χ0n) is 11.9. The molecule has 19 heavy (non-hydrogen) atoms. The fourth-order valence-electron chi connectivity index (χ4n) is 1.95. The third-order valence-electron chi connectivity index (χ3n) is 3.21. The van der Waals surface area contributed by atoms with Gasteiger partial charge >= 0.3 is 5.97 Å². The molecule has 1 aromatic rings. The Morgan fingerprint density at radius 2 is 1.95 bits per heavy atom. The number of aromatic carboxylic acids is 1. The van der Waals surface area contributed by atoms with Crippen LogP contribution < -0.4 is 5.32 Å². The van der Waals surface area contributed by atoms with Gasteiger partial charge in [-0.2, -0.15) is 0 Å². The minimum atomic E-state index is -1.02. The van der Waals surface area contributed by atoms with E-state index in [1.165, 1.54) is 0 Å². The zero-order chi connectivity index (χ0) is 14.6. The summed E-state index contributed by atoms with van der Waals surface area (Å²) in [5.74, 6) is -0.867. The highest BCUT2D eigenvalue weighted by Crippen LogP contribution is 2.23. The quantitative estimate of drug-likeness (QED) is 0.855. The highest BCUT2D eigenvalue weighted by Gasteiger charge is 2.16. The van der Waals surface area contributed by atoms with Crippen LogP contribution in [-0.4, -0.2) is 17.0 Å². The van der Waals surface area contributed by atoms with E-state index in [0.717, 1.165) is 17.5 Å². The molecule has 104 valence electrons. The van der Waals surface area contributed by atoms with Crippen LogP contribution in [0.2, 0.25) is 0 Å². The fraction of sp³-hybridized carbons (Fsp3) is 0.467. The Morgan fingerprint density at radius 3 is 2.47 bits per heavy atom. The molecule has 0 spiro atoms. The maximum Gasteiger partial charge on any atom is 0.337 e. The molecule has 2 N–H and O–H groups in total. The number of amides is 1. The number of carbonyl (C=O) groups excluding carboxylic acids is 1. The predicted octanol–water partition coefficient (Wildman–Crippen LogP) is 3.38. The molecule has 0 bridgehead atoms. The summed E-state index contributed by atoms with van der Waals surface area (Å²) in [5, 5.41) is 11.9. The van der Waals surface area contributed by atoms with Gasteiger partial charge in [-0.15, -0.1) is 0 Å². The van der Waals surface area contributed by atoms with Crippen molar-refractivity contribution in [3.63, 3.8) is 0 Å². The molecule has 0 fully saturated rings. The van der Waals surface area contributed by atoms with E-state index in [-0.39, 0.29) is 11.5 Å². The average Bonchev–Trinajstić information content (AvgIpc) is 2.31. The molecule has 0 aromatic heterocycles. The molecule has 4 heteroatoms. The van der Waals surface area contributed by atoms with Crippen molar-refractivity contribution in [3.8, 4) is 0 Å². The summed E-state index contributed by atoms with van der Waals surface area (Å²) in [6, 6.07) is 3.44. The van der Waals surface area contributed by atoms with Gasteiger partial charge in [0.05, 0.1) is 11.3 Å². The first-order valence-electron chi connectivity index (χ1n) is 6.49. The van der Waals surface area contributed by atoms with Gasteiger partial charge in [0.25, 0.3) is 0 Å². The summed E-state index contributed by atoms with van der Waals surface area (Å²) in [5.41, 5.74) is 2.20. The molecule has 0 aliphatic heterocycles. The van der Waals surface area contributed by atoms with E-state index in [1.807, 2.05) is 26.8 Å². The molecule has 0 heterocycles. The van der Waals surface area contributed by atoms with Crippen molar-refractivity contribution in [3.05, 3.63) is 28.8 Å². The van der Waals surface area contributed by atoms with E-state index in [1.54, 1.807) is 13.0 Å². The second kappa shape index (κ2) is 6.36. The van der Waals surface area contributed by atoms with Crippen LogP contribution in [0.15, 0.2) is 12.1 Å². The van der Waals surface area contributed by atoms with Gasteiger partial charge in [-0.25, -0.2) is 4.79 Å². The minimum Gasteiger partial charge on any atom is -0.478 e. The molecule has 4 nitrogen and oxygen atoms in total. The second-order valence-electron chi connectivity index (χ2n) is 5.08. The van der Waals surface area contributed by atoms with E-state index < -0.39 is 5.97 Å². The van der Waals surface area contributed by atoms with Crippen molar-refractivity contribution in [2.75, 3.05) is 5.32 Å². The summed E-state index contributed by atoms with van der Waals surface area (Å²) < 4.78 is 0. The molecule has 0 radical (unpaired) electrons. The number of nitrogens with one attached hydrogen (secondary N) is 1. The SMILES string of the molecule is CCC(C)CC(=O)Nc1c(C)cc(C)cc1C(=O)O. The first-order chi connectivity index (χ1) is 8.85. The third kappa shape index (κ3) is 4.09. The van der Waals surface area contributed by atoms with Crippen molar-refractivity contribution < 1.29 is 14.7 Å². The van der Waals surface area contributed by atoms with Gasteiger partial charge in [-0.1, -0.05) is 26.3 Å². The Kier molecular flexibility index (Phi) is 5.10. The number of carboxylic acids is 1. The molecular formula is C15H21NO3. The number of carbonyl (C=O) groups is 2. The number of aryl methyl sites for hydroxylation is 2. The van der Waals surface area contributed by atoms with Crippen molar-refractivity contribution in [2.45, 2.75) is 40.5 Å². The molecule has 1 aromatic carbocycles. The maximum atomic E-state index is 11.9. The number of rotatable bonds is 5. The van der Waals surface area contributed by atoms with Crippen molar-refractivity contribution >= 4 is 17.6 Å². The highest BCUT2D eigenvalue weighted by atomic mass is 16.4. The first kappa shape index (κ1) is 15.2. The summed E-state index contributed by atoms with van der Waals surface area (Å²) in [4.78, 5) is 23.1. The van der Waals surface area contributed by atoms with Crippen molar-refractivity contribution in [2.24, 2.45) is 5.92 Å². The molecule has 0 saturated heterocycles. The van der Waals surface area contributed by atoms with Crippen LogP contribution in [0.4, 0.5) is 5.69 Å². The number of hydrogen-bond acceptors (Lipinski definition) is 2. The molecule has 0 aliphatic carbocycles. The lowest BCUT2D eigenvalue weighted by molar-refractivity contribution is -0.117. The minimum absolute atomic E-state index is 0.135. The molecule has 1 atom stereocenters. The lowest BCUT2D eigenvalue weighted by atomic mass is 10.0. The van der Waals surface area contributed by atoms with Crippen molar-refractivity contribution in [1.82, 2.24) is 0 Å². The summed E-state index contributed by atoms with van der Waals surface area (Å²) in [6.07, 6.45) is 1.33. The Hall–Kier alpha value is -1.84. The standard InChI is InChI=1S/C15H21NO3/c1-5-9(2)8-13(17)16-14-11(4)6-10(3)7-12(14)15(18)19/h6-7,9H,5,8H2,1-4H3,(H,16,17)(H,18,19). The highest BCUT2D eigenvalue weighted by molar-refractivity contribution is 6.01. The number of hydrogen-bond donors (Lipinski definition) is 2.